The van der Waals surface area contributed by atoms with Crippen LogP contribution in [0.15, 0.2) is 60.6 Å². The van der Waals surface area contributed by atoms with E-state index in [-0.39, 0.29) is 46.7 Å². The van der Waals surface area contributed by atoms with Crippen molar-refractivity contribution in [2.45, 2.75) is 25.7 Å². The molecule has 43 heavy (non-hydrogen) atoms. The Morgan fingerprint density at radius 1 is 0.721 bits per heavy atom. The third-order valence-corrected chi connectivity index (χ3v) is 9.25. The van der Waals surface area contributed by atoms with Crippen molar-refractivity contribution in [2.75, 3.05) is 49.8 Å². The molecule has 2 aromatic rings. The number of phenols is 1. The molecule has 1 spiro atoms. The van der Waals surface area contributed by atoms with Gasteiger partial charge in [0.15, 0.2) is 28.8 Å². The summed E-state index contributed by atoms with van der Waals surface area (Å²) in [5, 5.41) is 10.7. The minimum absolute atomic E-state index is 0.0538. The maximum Gasteiger partial charge on any atom is 0.223 e. The van der Waals surface area contributed by atoms with Crippen LogP contribution >= 0.6 is 0 Å². The van der Waals surface area contributed by atoms with Gasteiger partial charge in [0.05, 0.1) is 55.2 Å². The zero-order valence-corrected chi connectivity index (χ0v) is 26.3. The smallest absolute Gasteiger partial charge is 0.223 e. The molecule has 0 unspecified atom stereocenters. The van der Waals surface area contributed by atoms with Gasteiger partial charge in [-0.2, -0.15) is 0 Å². The van der Waals surface area contributed by atoms with E-state index < -0.39 is 11.3 Å². The van der Waals surface area contributed by atoms with E-state index >= 15 is 0 Å². The van der Waals surface area contributed by atoms with Gasteiger partial charge in [-0.05, 0) is 41.9 Å². The number of methoxy groups -OCH3 is 7. The predicted molar refractivity (Wildman–Crippen MR) is 162 cm³/mol. The van der Waals surface area contributed by atoms with E-state index in [1.165, 1.54) is 20.3 Å². The van der Waals surface area contributed by atoms with E-state index in [1.54, 1.807) is 47.7 Å². The van der Waals surface area contributed by atoms with Crippen LogP contribution in [0.25, 0.3) is 0 Å². The van der Waals surface area contributed by atoms with Gasteiger partial charge >= 0.3 is 0 Å². The molecule has 0 amide bonds. The number of rotatable bonds is 10. The Hall–Kier alpha value is -4.27. The van der Waals surface area contributed by atoms with Crippen LogP contribution in [-0.4, -0.2) is 60.7 Å². The molecule has 1 saturated carbocycles. The molecule has 6 atom stereocenters. The Morgan fingerprint density at radius 3 is 1.81 bits per heavy atom. The fourth-order valence-corrected chi connectivity index (χ4v) is 7.54. The lowest BCUT2D eigenvalue weighted by Gasteiger charge is -2.57. The van der Waals surface area contributed by atoms with Crippen molar-refractivity contribution in [3.63, 3.8) is 0 Å². The van der Waals surface area contributed by atoms with E-state index in [0.29, 0.717) is 28.8 Å². The molecule has 2 aliphatic carbocycles. The van der Waals surface area contributed by atoms with Crippen molar-refractivity contribution in [3.05, 3.63) is 71.7 Å². The van der Waals surface area contributed by atoms with E-state index in [1.807, 2.05) is 24.3 Å². The summed E-state index contributed by atoms with van der Waals surface area (Å²) in [6.45, 7) is 8.61. The van der Waals surface area contributed by atoms with Crippen molar-refractivity contribution in [3.8, 4) is 34.5 Å². The molecular formula is C34H42O9. The Kier molecular flexibility index (Phi) is 9.23. The molecule has 9 heteroatoms. The molecule has 1 N–H and O–H groups in total. The van der Waals surface area contributed by atoms with Crippen molar-refractivity contribution < 1.29 is 43.1 Å². The number of ether oxygens (including phenoxy) is 7. The number of allylic oxidation sites excluding steroid dienone is 3. The van der Waals surface area contributed by atoms with Crippen LogP contribution in [0.5, 0.6) is 34.5 Å². The standard InChI is InChI=1S/C34H42O9/c1-11-22-18(2)32(20-12-28(40-7)29(41-8)16-26(20)38-5)19(3)33(21-13-27(39-6)23(35)14-25(21)37-4)34(22)17-30(42-9)24(36)15-31(34)43-10/h11-19,22,32-33,35H,1H2,2-10H3/t18-,19+,22+,32-,33+,34+/m0/s1. The summed E-state index contributed by atoms with van der Waals surface area (Å²) >= 11 is 0. The summed E-state index contributed by atoms with van der Waals surface area (Å²) in [6.07, 6.45) is 5.29. The first kappa shape index (κ1) is 31.7. The minimum atomic E-state index is -0.926. The Balaban J connectivity index is 2.13. The van der Waals surface area contributed by atoms with Gasteiger partial charge in [-0.25, -0.2) is 0 Å². The maximum absolute atomic E-state index is 13.1. The fourth-order valence-electron chi connectivity index (χ4n) is 7.54. The largest absolute Gasteiger partial charge is 0.504 e. The topological polar surface area (TPSA) is 102 Å². The quantitative estimate of drug-likeness (QED) is 0.331. The first-order valence-corrected chi connectivity index (χ1v) is 14.1. The second-order valence-corrected chi connectivity index (χ2v) is 10.9. The van der Waals surface area contributed by atoms with Crippen LogP contribution in [0.3, 0.4) is 0 Å². The molecule has 4 rings (SSSR count). The molecular weight excluding hydrogens is 552 g/mol. The Labute approximate surface area is 253 Å². The number of hydrogen-bond donors (Lipinski definition) is 1. The summed E-state index contributed by atoms with van der Waals surface area (Å²) in [7, 11) is 10.9. The van der Waals surface area contributed by atoms with Crippen molar-refractivity contribution in [2.24, 2.45) is 23.2 Å². The highest BCUT2D eigenvalue weighted by Crippen LogP contribution is 2.67. The lowest BCUT2D eigenvalue weighted by molar-refractivity contribution is -0.115. The van der Waals surface area contributed by atoms with Crippen LogP contribution in [0.4, 0.5) is 0 Å². The first-order valence-electron chi connectivity index (χ1n) is 14.1. The van der Waals surface area contributed by atoms with Crippen LogP contribution < -0.4 is 23.7 Å². The predicted octanol–water partition coefficient (Wildman–Crippen LogP) is 6.02. The number of hydrogen-bond acceptors (Lipinski definition) is 9. The summed E-state index contributed by atoms with van der Waals surface area (Å²) in [5.74, 6) is 1.91. The Morgan fingerprint density at radius 2 is 1.28 bits per heavy atom. The summed E-state index contributed by atoms with van der Waals surface area (Å²) in [4.78, 5) is 13.1. The molecule has 0 radical (unpaired) electrons. The lowest BCUT2D eigenvalue weighted by atomic mass is 9.46. The van der Waals surface area contributed by atoms with Crippen molar-refractivity contribution in [1.82, 2.24) is 0 Å². The van der Waals surface area contributed by atoms with Crippen LogP contribution in [0.2, 0.25) is 0 Å². The molecule has 9 nitrogen and oxygen atoms in total. The summed E-state index contributed by atoms with van der Waals surface area (Å²) < 4.78 is 40.3. The van der Waals surface area contributed by atoms with Crippen LogP contribution in [-0.2, 0) is 14.3 Å². The van der Waals surface area contributed by atoms with Gasteiger partial charge < -0.3 is 38.3 Å². The molecule has 1 fully saturated rings. The molecule has 2 aliphatic rings. The van der Waals surface area contributed by atoms with E-state index in [0.717, 1.165) is 11.1 Å². The second kappa shape index (κ2) is 12.5. The van der Waals surface area contributed by atoms with E-state index in [2.05, 4.69) is 20.4 Å². The molecule has 0 heterocycles. The fraction of sp³-hybridized carbons (Fsp3) is 0.441. The average molecular weight is 595 g/mol. The second-order valence-electron chi connectivity index (χ2n) is 10.9. The monoisotopic (exact) mass is 594 g/mol. The van der Waals surface area contributed by atoms with Gasteiger partial charge in [-0.3, -0.25) is 4.79 Å². The molecule has 0 bridgehead atoms. The van der Waals surface area contributed by atoms with Crippen molar-refractivity contribution >= 4 is 5.78 Å². The number of carbonyl (C=O) groups is 1. The van der Waals surface area contributed by atoms with Gasteiger partial charge in [0.2, 0.25) is 5.78 Å². The van der Waals surface area contributed by atoms with Gasteiger partial charge in [0.1, 0.15) is 17.3 Å². The van der Waals surface area contributed by atoms with Crippen molar-refractivity contribution in [1.29, 1.82) is 0 Å². The molecule has 0 aromatic heterocycles. The molecule has 2 aromatic carbocycles. The summed E-state index contributed by atoms with van der Waals surface area (Å²) in [6, 6.07) is 7.14. The molecule has 0 saturated heterocycles. The SMILES string of the molecule is C=C[C@@H]1[C@H](C)[C@H](c2cc(OC)c(OC)cc2OC)[C@@H](C)[C@H](c2cc(OC)c(O)cc2OC)[C@]12C=C(OC)C(=O)C=C2OC. The highest BCUT2D eigenvalue weighted by molar-refractivity contribution is 6.04. The van der Waals surface area contributed by atoms with Gasteiger partial charge in [-0.1, -0.05) is 19.9 Å². The maximum atomic E-state index is 13.1. The molecule has 0 aliphatic heterocycles. The number of ketones is 1. The van der Waals surface area contributed by atoms with E-state index in [4.69, 9.17) is 33.2 Å². The highest BCUT2D eigenvalue weighted by atomic mass is 16.5. The normalized spacial score (nSPS) is 26.6. The third-order valence-electron chi connectivity index (χ3n) is 9.25. The molecule has 232 valence electrons. The zero-order valence-electron chi connectivity index (χ0n) is 26.3. The zero-order chi connectivity index (χ0) is 31.6. The number of benzene rings is 2. The number of phenolic OH excluding ortho intramolecular Hbond substituents is 1. The highest BCUT2D eigenvalue weighted by Gasteiger charge is 2.60. The first-order chi connectivity index (χ1) is 20.6. The van der Waals surface area contributed by atoms with Gasteiger partial charge in [0, 0.05) is 35.3 Å². The minimum Gasteiger partial charge on any atom is -0.504 e. The third kappa shape index (κ3) is 4.94. The van der Waals surface area contributed by atoms with Gasteiger partial charge in [-0.15, -0.1) is 6.58 Å². The Bertz CT molecular complexity index is 1440. The summed E-state index contributed by atoms with van der Waals surface area (Å²) in [5.41, 5.74) is 0.767. The van der Waals surface area contributed by atoms with Crippen LogP contribution in [0.1, 0.15) is 36.8 Å². The van der Waals surface area contributed by atoms with Gasteiger partial charge in [0.25, 0.3) is 0 Å². The average Bonchev–Trinajstić information content (AvgIpc) is 3.01. The lowest BCUT2D eigenvalue weighted by Crippen LogP contribution is -2.51. The number of aromatic hydroxyl groups is 1. The van der Waals surface area contributed by atoms with Crippen LogP contribution in [0, 0.1) is 23.2 Å². The van der Waals surface area contributed by atoms with E-state index in [9.17, 15) is 9.90 Å². The number of carbonyl (C=O) groups excluding carboxylic acids is 1.